The van der Waals surface area contributed by atoms with Gasteiger partial charge in [0.1, 0.15) is 5.75 Å². The number of carbonyl (C=O) groups is 1. The van der Waals surface area contributed by atoms with Crippen LogP contribution in [0.15, 0.2) is 54.2 Å². The van der Waals surface area contributed by atoms with Crippen molar-refractivity contribution in [2.45, 2.75) is 6.92 Å². The lowest BCUT2D eigenvalue weighted by atomic mass is 10.1. The van der Waals surface area contributed by atoms with Crippen LogP contribution >= 0.6 is 7.67 Å². The maximum absolute atomic E-state index is 12.5. The fourth-order valence-corrected chi connectivity index (χ4v) is 3.53. The second-order valence-electron chi connectivity index (χ2n) is 4.57. The third-order valence-corrected chi connectivity index (χ3v) is 4.51. The van der Waals surface area contributed by atoms with Gasteiger partial charge in [-0.25, -0.2) is 4.57 Å². The van der Waals surface area contributed by atoms with Crippen molar-refractivity contribution in [3.8, 4) is 5.75 Å². The van der Waals surface area contributed by atoms with Crippen LogP contribution in [0.4, 0.5) is 0 Å². The number of fused-ring (bicyclic) bond motifs is 1. The Morgan fingerprint density at radius 2 is 1.80 bits per heavy atom. The summed E-state index contributed by atoms with van der Waals surface area (Å²) in [5.74, 6) is 0.0138. The van der Waals surface area contributed by atoms with Crippen LogP contribution in [0, 0.1) is 0 Å². The Morgan fingerprint density at radius 3 is 2.55 bits per heavy atom. The third-order valence-electron chi connectivity index (χ3n) is 2.88. The van der Waals surface area contributed by atoms with E-state index in [4.69, 9.17) is 4.52 Å². The summed E-state index contributed by atoms with van der Waals surface area (Å²) in [6, 6.07) is 13.2. The van der Waals surface area contributed by atoms with Crippen molar-refractivity contribution < 1.29 is 13.9 Å². The van der Waals surface area contributed by atoms with E-state index in [0.717, 1.165) is 10.8 Å². The highest BCUT2D eigenvalue weighted by atomic mass is 31.2. The molecule has 0 radical (unpaired) electrons. The van der Waals surface area contributed by atoms with Gasteiger partial charge in [0.2, 0.25) is 0 Å². The van der Waals surface area contributed by atoms with Crippen LogP contribution in [-0.2, 0) is 9.36 Å². The minimum Gasteiger partial charge on any atom is -0.414 e. The average Bonchev–Trinajstić information content (AvgIpc) is 2.36. The van der Waals surface area contributed by atoms with Crippen LogP contribution in [0.1, 0.15) is 6.92 Å². The van der Waals surface area contributed by atoms with Crippen molar-refractivity contribution >= 4 is 24.3 Å². The first-order valence-electron chi connectivity index (χ1n) is 6.11. The zero-order valence-corrected chi connectivity index (χ0v) is 11.7. The number of carbonyl (C=O) groups excluding carboxylic acids is 1. The number of amides is 1. The van der Waals surface area contributed by atoms with Crippen molar-refractivity contribution in [1.82, 2.24) is 10.2 Å². The fraction of sp³-hybridized carbons (Fsp3) is 0.0714. The molecule has 20 heavy (non-hydrogen) atoms. The van der Waals surface area contributed by atoms with Crippen LogP contribution in [0.25, 0.3) is 10.8 Å². The minimum absolute atomic E-state index is 0.426. The van der Waals surface area contributed by atoms with Crippen molar-refractivity contribution in [2.24, 2.45) is 0 Å². The number of nitrogens with one attached hydrogen (secondary N) is 2. The van der Waals surface area contributed by atoms with Crippen LogP contribution in [0.3, 0.4) is 0 Å². The first kappa shape index (κ1) is 12.8. The molecule has 0 saturated heterocycles. The second kappa shape index (κ2) is 4.69. The molecule has 1 amide bonds. The van der Waals surface area contributed by atoms with E-state index >= 15 is 0 Å². The summed E-state index contributed by atoms with van der Waals surface area (Å²) in [4.78, 5) is 11.4. The first-order valence-corrected chi connectivity index (χ1v) is 7.74. The van der Waals surface area contributed by atoms with E-state index in [1.807, 2.05) is 30.3 Å². The molecule has 6 heteroatoms. The van der Waals surface area contributed by atoms with Gasteiger partial charge in [0, 0.05) is 11.8 Å². The molecule has 0 fully saturated rings. The van der Waals surface area contributed by atoms with Gasteiger partial charge in [0.25, 0.3) is 5.91 Å². The Hall–Kier alpha value is -2.26. The summed E-state index contributed by atoms with van der Waals surface area (Å²) >= 11 is 0. The topological polar surface area (TPSA) is 67.4 Å². The van der Waals surface area contributed by atoms with Gasteiger partial charge in [-0.2, -0.15) is 0 Å². The van der Waals surface area contributed by atoms with Gasteiger partial charge in [-0.3, -0.25) is 15.0 Å². The largest absolute Gasteiger partial charge is 0.446 e. The Bertz CT molecular complexity index is 770. The lowest BCUT2D eigenvalue weighted by Gasteiger charge is -2.24. The average molecular weight is 288 g/mol. The summed E-state index contributed by atoms with van der Waals surface area (Å²) < 4.78 is 17.9. The van der Waals surface area contributed by atoms with E-state index in [1.165, 1.54) is 6.08 Å². The van der Waals surface area contributed by atoms with E-state index in [0.29, 0.717) is 11.4 Å². The van der Waals surface area contributed by atoms with Gasteiger partial charge in [0.15, 0.2) is 0 Å². The Kier molecular flexibility index (Phi) is 2.99. The zero-order chi connectivity index (χ0) is 14.2. The van der Waals surface area contributed by atoms with E-state index in [-0.39, 0.29) is 0 Å². The molecule has 2 aromatic carbocycles. The molecule has 1 heterocycles. The van der Waals surface area contributed by atoms with E-state index in [2.05, 4.69) is 10.2 Å². The minimum atomic E-state index is -3.44. The van der Waals surface area contributed by atoms with Crippen molar-refractivity contribution in [2.75, 3.05) is 0 Å². The molecule has 1 atom stereocenters. The highest BCUT2D eigenvalue weighted by Gasteiger charge is 2.30. The molecule has 0 unspecified atom stereocenters. The SMILES string of the molecule is CC1=CC(=O)N[P@@](=O)(Oc2ccc3ccccc3c2)N1. The van der Waals surface area contributed by atoms with Gasteiger partial charge in [0.05, 0.1) is 0 Å². The van der Waals surface area contributed by atoms with Gasteiger partial charge >= 0.3 is 7.67 Å². The van der Waals surface area contributed by atoms with Gasteiger partial charge in [-0.1, -0.05) is 30.3 Å². The van der Waals surface area contributed by atoms with Gasteiger partial charge in [-0.15, -0.1) is 0 Å². The third kappa shape index (κ3) is 2.53. The van der Waals surface area contributed by atoms with Gasteiger partial charge in [-0.05, 0) is 29.8 Å². The van der Waals surface area contributed by atoms with Gasteiger partial charge < -0.3 is 4.52 Å². The van der Waals surface area contributed by atoms with E-state index < -0.39 is 13.6 Å². The maximum atomic E-state index is 12.5. The zero-order valence-electron chi connectivity index (χ0n) is 10.8. The molecule has 0 aliphatic carbocycles. The molecule has 5 nitrogen and oxygen atoms in total. The predicted octanol–water partition coefficient (Wildman–Crippen LogP) is 2.95. The van der Waals surface area contributed by atoms with Crippen LogP contribution in [0.5, 0.6) is 5.75 Å². The van der Waals surface area contributed by atoms with Crippen LogP contribution in [0.2, 0.25) is 0 Å². The quantitative estimate of drug-likeness (QED) is 0.834. The number of hydrogen-bond acceptors (Lipinski definition) is 3. The Morgan fingerprint density at radius 1 is 1.05 bits per heavy atom. The molecule has 0 aromatic heterocycles. The van der Waals surface area contributed by atoms with E-state index in [1.54, 1.807) is 19.1 Å². The molecule has 1 aliphatic heterocycles. The molecule has 0 bridgehead atoms. The molecule has 2 N–H and O–H groups in total. The highest BCUT2D eigenvalue weighted by molar-refractivity contribution is 7.56. The van der Waals surface area contributed by atoms with Crippen molar-refractivity contribution in [3.05, 3.63) is 54.2 Å². The molecular weight excluding hydrogens is 275 g/mol. The number of hydrogen-bond donors (Lipinski definition) is 2. The molecule has 102 valence electrons. The molecule has 3 rings (SSSR count). The number of rotatable bonds is 2. The van der Waals surface area contributed by atoms with Crippen LogP contribution in [-0.4, -0.2) is 5.91 Å². The first-order chi connectivity index (χ1) is 9.54. The van der Waals surface area contributed by atoms with Crippen molar-refractivity contribution in [3.63, 3.8) is 0 Å². The Labute approximate surface area is 116 Å². The summed E-state index contributed by atoms with van der Waals surface area (Å²) in [5.41, 5.74) is 0.512. The van der Waals surface area contributed by atoms with Crippen LogP contribution < -0.4 is 14.7 Å². The molecule has 1 aliphatic rings. The molecule has 2 aromatic rings. The lowest BCUT2D eigenvalue weighted by molar-refractivity contribution is -0.115. The molecule has 0 saturated carbocycles. The summed E-state index contributed by atoms with van der Waals surface area (Å²) in [6.07, 6.45) is 1.33. The Balaban J connectivity index is 1.91. The molecular formula is C14H13N2O3P. The summed E-state index contributed by atoms with van der Waals surface area (Å²) in [5, 5.41) is 7.05. The maximum Gasteiger partial charge on any atom is 0.446 e. The van der Waals surface area contributed by atoms with E-state index in [9.17, 15) is 9.36 Å². The number of allylic oxidation sites excluding steroid dienone is 1. The van der Waals surface area contributed by atoms with Crippen molar-refractivity contribution in [1.29, 1.82) is 0 Å². The smallest absolute Gasteiger partial charge is 0.414 e. The highest BCUT2D eigenvalue weighted by Crippen LogP contribution is 2.42. The lowest BCUT2D eigenvalue weighted by Crippen LogP contribution is -2.33. The summed E-state index contributed by atoms with van der Waals surface area (Å²) in [6.45, 7) is 1.66. The monoisotopic (exact) mass is 288 g/mol. The summed E-state index contributed by atoms with van der Waals surface area (Å²) in [7, 11) is -3.44. The predicted molar refractivity (Wildman–Crippen MR) is 77.2 cm³/mol. The molecule has 0 spiro atoms. The normalized spacial score (nSPS) is 21.9. The fourth-order valence-electron chi connectivity index (χ4n) is 2.08. The number of benzene rings is 2. The standard InChI is InChI=1S/C14H13N2O3P/c1-10-8-14(17)16-20(18,15-10)19-13-7-6-11-4-2-3-5-12(11)9-13/h2-9H,1H3,(H2,15,16,17,18)/t20-/m0/s1. The second-order valence-corrected chi connectivity index (χ2v) is 6.30.